The molecule has 1 aromatic rings. The lowest BCUT2D eigenvalue weighted by Crippen LogP contribution is -2.19. The summed E-state index contributed by atoms with van der Waals surface area (Å²) in [6, 6.07) is 1.64. The van der Waals surface area contributed by atoms with E-state index < -0.39 is 0 Å². The van der Waals surface area contributed by atoms with Crippen LogP contribution in [0.25, 0.3) is 0 Å². The van der Waals surface area contributed by atoms with Gasteiger partial charge in [-0.1, -0.05) is 13.8 Å². The van der Waals surface area contributed by atoms with E-state index in [2.05, 4.69) is 24.4 Å². The van der Waals surface area contributed by atoms with Gasteiger partial charge in [-0.05, 0) is 32.3 Å². The number of hydrogen-bond donors (Lipinski definition) is 1. The summed E-state index contributed by atoms with van der Waals surface area (Å²) in [5, 5.41) is 4.04. The first kappa shape index (κ1) is 12.5. The largest absolute Gasteiger partial charge is 0.469 e. The van der Waals surface area contributed by atoms with Crippen molar-refractivity contribution in [2.75, 3.05) is 0 Å². The van der Waals surface area contributed by atoms with E-state index in [-0.39, 0.29) is 5.91 Å². The number of amides is 1. The highest BCUT2D eigenvalue weighted by Crippen LogP contribution is 2.08. The molecule has 1 N–H and O–H groups in total. The highest BCUT2D eigenvalue weighted by atomic mass is 16.3. The summed E-state index contributed by atoms with van der Waals surface area (Å²) < 4.78 is 5.05. The summed E-state index contributed by atoms with van der Waals surface area (Å²) >= 11 is 0. The van der Waals surface area contributed by atoms with E-state index in [0.29, 0.717) is 17.2 Å². The normalized spacial score (nSPS) is 11.9. The molecule has 0 aliphatic heterocycles. The maximum atomic E-state index is 11.6. The molecule has 4 nitrogen and oxygen atoms in total. The van der Waals surface area contributed by atoms with Gasteiger partial charge in [0.25, 0.3) is 5.91 Å². The first-order chi connectivity index (χ1) is 7.50. The highest BCUT2D eigenvalue weighted by Gasteiger charge is 2.10. The molecule has 0 aliphatic carbocycles. The minimum absolute atomic E-state index is 0.227. The second kappa shape index (κ2) is 5.49. The average molecular weight is 222 g/mol. The summed E-state index contributed by atoms with van der Waals surface area (Å²) in [7, 11) is 0. The molecule has 0 fully saturated rings. The molecule has 0 spiro atoms. The summed E-state index contributed by atoms with van der Waals surface area (Å²) in [5.74, 6) is 0.917. The fourth-order valence-electron chi connectivity index (χ4n) is 1.46. The maximum Gasteiger partial charge on any atom is 0.274 e. The first-order valence-corrected chi connectivity index (χ1v) is 5.38. The van der Waals surface area contributed by atoms with Crippen molar-refractivity contribution < 1.29 is 9.21 Å². The standard InChI is InChI=1S/C12H18N2O2/c1-8(2)7-9(3)13-14-12(15)11-5-6-16-10(11)4/h5-6,8H,7H2,1-4H3,(H,14,15). The van der Waals surface area contributed by atoms with Crippen molar-refractivity contribution in [3.8, 4) is 0 Å². The zero-order chi connectivity index (χ0) is 12.1. The van der Waals surface area contributed by atoms with Gasteiger partial charge in [0.2, 0.25) is 0 Å². The van der Waals surface area contributed by atoms with Crippen LogP contribution in [0, 0.1) is 12.8 Å². The van der Waals surface area contributed by atoms with Crippen LogP contribution in [-0.2, 0) is 0 Å². The average Bonchev–Trinajstić information content (AvgIpc) is 2.60. The van der Waals surface area contributed by atoms with Crippen molar-refractivity contribution in [2.24, 2.45) is 11.0 Å². The number of rotatable bonds is 4. The van der Waals surface area contributed by atoms with Gasteiger partial charge in [-0.3, -0.25) is 4.79 Å². The number of nitrogens with one attached hydrogen (secondary N) is 1. The topological polar surface area (TPSA) is 54.6 Å². The lowest BCUT2D eigenvalue weighted by Gasteiger charge is -2.04. The molecular weight excluding hydrogens is 204 g/mol. The van der Waals surface area contributed by atoms with Gasteiger partial charge in [0, 0.05) is 5.71 Å². The zero-order valence-electron chi connectivity index (χ0n) is 10.2. The van der Waals surface area contributed by atoms with Gasteiger partial charge in [0.05, 0.1) is 11.8 Å². The number of aryl methyl sites for hydroxylation is 1. The molecule has 1 aromatic heterocycles. The quantitative estimate of drug-likeness (QED) is 0.629. The van der Waals surface area contributed by atoms with Crippen molar-refractivity contribution in [3.05, 3.63) is 23.7 Å². The maximum absolute atomic E-state index is 11.6. The van der Waals surface area contributed by atoms with Crippen LogP contribution in [0.5, 0.6) is 0 Å². The number of furan rings is 1. The van der Waals surface area contributed by atoms with E-state index in [0.717, 1.165) is 12.1 Å². The van der Waals surface area contributed by atoms with Gasteiger partial charge in [-0.2, -0.15) is 5.10 Å². The molecule has 0 radical (unpaired) electrons. The van der Waals surface area contributed by atoms with Crippen molar-refractivity contribution in [1.82, 2.24) is 5.43 Å². The van der Waals surface area contributed by atoms with Gasteiger partial charge in [-0.25, -0.2) is 5.43 Å². The second-order valence-electron chi connectivity index (χ2n) is 4.28. The van der Waals surface area contributed by atoms with E-state index in [9.17, 15) is 4.79 Å². The minimum Gasteiger partial charge on any atom is -0.469 e. The molecule has 16 heavy (non-hydrogen) atoms. The van der Waals surface area contributed by atoms with E-state index in [4.69, 9.17) is 4.42 Å². The molecule has 0 aromatic carbocycles. The van der Waals surface area contributed by atoms with Crippen LogP contribution in [0.4, 0.5) is 0 Å². The smallest absolute Gasteiger partial charge is 0.274 e. The third-order valence-corrected chi connectivity index (χ3v) is 2.16. The molecule has 1 amide bonds. The molecule has 88 valence electrons. The third kappa shape index (κ3) is 3.53. The number of carbonyl (C=O) groups excluding carboxylic acids is 1. The molecule has 1 heterocycles. The van der Waals surface area contributed by atoms with Gasteiger partial charge < -0.3 is 4.42 Å². The van der Waals surface area contributed by atoms with Gasteiger partial charge >= 0.3 is 0 Å². The number of carbonyl (C=O) groups is 1. The first-order valence-electron chi connectivity index (χ1n) is 5.38. The Kier molecular flexibility index (Phi) is 4.28. The van der Waals surface area contributed by atoms with Crippen molar-refractivity contribution in [1.29, 1.82) is 0 Å². The lowest BCUT2D eigenvalue weighted by atomic mass is 10.1. The molecule has 0 atom stereocenters. The van der Waals surface area contributed by atoms with Crippen molar-refractivity contribution in [2.45, 2.75) is 34.1 Å². The Labute approximate surface area is 95.7 Å². The van der Waals surface area contributed by atoms with Crippen LogP contribution in [0.15, 0.2) is 21.8 Å². The van der Waals surface area contributed by atoms with E-state index in [1.165, 1.54) is 6.26 Å². The summed E-state index contributed by atoms with van der Waals surface area (Å²) in [4.78, 5) is 11.6. The van der Waals surface area contributed by atoms with Gasteiger partial charge in [0.15, 0.2) is 0 Å². The van der Waals surface area contributed by atoms with Crippen LogP contribution in [0.1, 0.15) is 43.3 Å². The number of nitrogens with zero attached hydrogens (tertiary/aromatic N) is 1. The predicted octanol–water partition coefficient (Wildman–Crippen LogP) is 2.74. The summed E-state index contributed by atoms with van der Waals surface area (Å²) in [6.45, 7) is 7.88. The Balaban J connectivity index is 2.56. The number of hydrogen-bond acceptors (Lipinski definition) is 3. The Morgan fingerprint density at radius 2 is 2.25 bits per heavy atom. The zero-order valence-corrected chi connectivity index (χ0v) is 10.2. The second-order valence-corrected chi connectivity index (χ2v) is 4.28. The fourth-order valence-corrected chi connectivity index (χ4v) is 1.46. The SMILES string of the molecule is CC(CC(C)C)=NNC(=O)c1ccoc1C. The molecular formula is C12H18N2O2. The van der Waals surface area contributed by atoms with Crippen LogP contribution in [-0.4, -0.2) is 11.6 Å². The van der Waals surface area contributed by atoms with Crippen LogP contribution in [0.3, 0.4) is 0 Å². The number of hydrazone groups is 1. The van der Waals surface area contributed by atoms with Gasteiger partial charge in [-0.15, -0.1) is 0 Å². The highest BCUT2D eigenvalue weighted by molar-refractivity contribution is 5.96. The Morgan fingerprint density at radius 1 is 1.56 bits per heavy atom. The summed E-state index contributed by atoms with van der Waals surface area (Å²) in [5.41, 5.74) is 3.97. The minimum atomic E-state index is -0.227. The van der Waals surface area contributed by atoms with Crippen LogP contribution < -0.4 is 5.43 Å². The lowest BCUT2D eigenvalue weighted by molar-refractivity contribution is 0.0953. The molecule has 0 saturated carbocycles. The molecule has 0 bridgehead atoms. The molecule has 1 rings (SSSR count). The summed E-state index contributed by atoms with van der Waals surface area (Å²) in [6.07, 6.45) is 2.37. The fraction of sp³-hybridized carbons (Fsp3) is 0.500. The predicted molar refractivity (Wildman–Crippen MR) is 63.5 cm³/mol. The molecule has 0 saturated heterocycles. The van der Waals surface area contributed by atoms with Crippen LogP contribution >= 0.6 is 0 Å². The van der Waals surface area contributed by atoms with E-state index >= 15 is 0 Å². The third-order valence-electron chi connectivity index (χ3n) is 2.16. The van der Waals surface area contributed by atoms with Gasteiger partial charge in [0.1, 0.15) is 5.76 Å². The van der Waals surface area contributed by atoms with Crippen LogP contribution in [0.2, 0.25) is 0 Å². The Morgan fingerprint density at radius 3 is 2.75 bits per heavy atom. The molecule has 0 unspecified atom stereocenters. The Hall–Kier alpha value is -1.58. The van der Waals surface area contributed by atoms with E-state index in [1.807, 2.05) is 6.92 Å². The molecule has 4 heteroatoms. The molecule has 0 aliphatic rings. The monoisotopic (exact) mass is 222 g/mol. The van der Waals surface area contributed by atoms with Crippen molar-refractivity contribution in [3.63, 3.8) is 0 Å². The van der Waals surface area contributed by atoms with E-state index in [1.54, 1.807) is 13.0 Å². The van der Waals surface area contributed by atoms with Crippen molar-refractivity contribution >= 4 is 11.6 Å². The Bertz CT molecular complexity index is 391.